The molecule has 3 aromatic rings. The van der Waals surface area contributed by atoms with Crippen molar-refractivity contribution >= 4 is 29.3 Å². The van der Waals surface area contributed by atoms with Gasteiger partial charge < -0.3 is 25.0 Å². The maximum absolute atomic E-state index is 12.5. The van der Waals surface area contributed by atoms with E-state index in [2.05, 4.69) is 20.5 Å². The Morgan fingerprint density at radius 1 is 1.03 bits per heavy atom. The third-order valence-corrected chi connectivity index (χ3v) is 7.41. The minimum absolute atomic E-state index is 0.0166. The van der Waals surface area contributed by atoms with Crippen molar-refractivity contribution in [2.75, 3.05) is 11.1 Å². The van der Waals surface area contributed by atoms with Crippen LogP contribution in [0.15, 0.2) is 60.0 Å². The second kappa shape index (κ2) is 14.8. The van der Waals surface area contributed by atoms with Gasteiger partial charge >= 0.3 is 5.97 Å². The predicted molar refractivity (Wildman–Crippen MR) is 146 cm³/mol. The number of amides is 1. The molecule has 10 nitrogen and oxygen atoms in total. The maximum Gasteiger partial charge on any atom is 0.303 e. The van der Waals surface area contributed by atoms with Gasteiger partial charge in [-0.25, -0.2) is 4.98 Å². The maximum atomic E-state index is 12.5. The fourth-order valence-electron chi connectivity index (χ4n) is 4.36. The van der Waals surface area contributed by atoms with Crippen molar-refractivity contribution in [2.45, 2.75) is 75.2 Å². The predicted octanol–water partition coefficient (Wildman–Crippen LogP) is 5.00. The number of ether oxygens (including phenoxy) is 2. The van der Waals surface area contributed by atoms with E-state index in [9.17, 15) is 14.7 Å². The number of aromatic nitrogens is 3. The SMILES string of the molecule is O=C(O)CCCCCCC(=O)Nc1cccc(C2OC(CSc3ncn[nH]3)CC(c3ccc(CO)cc3)O2)c1. The second-order valence-corrected chi connectivity index (χ2v) is 10.4. The van der Waals surface area contributed by atoms with Gasteiger partial charge in [0.25, 0.3) is 0 Å². The van der Waals surface area contributed by atoms with E-state index in [4.69, 9.17) is 14.6 Å². The molecule has 4 N–H and O–H groups in total. The molecule has 11 heteroatoms. The van der Waals surface area contributed by atoms with Crippen molar-refractivity contribution in [1.29, 1.82) is 0 Å². The lowest BCUT2D eigenvalue weighted by molar-refractivity contribution is -0.245. The molecule has 0 radical (unpaired) electrons. The molecule has 3 atom stereocenters. The topological polar surface area (TPSA) is 147 Å². The number of anilines is 1. The third kappa shape index (κ3) is 9.17. The number of nitrogens with one attached hydrogen (secondary N) is 2. The van der Waals surface area contributed by atoms with Crippen molar-refractivity contribution in [3.8, 4) is 0 Å². The van der Waals surface area contributed by atoms with E-state index < -0.39 is 12.3 Å². The number of unbranched alkanes of at least 4 members (excludes halogenated alkanes) is 3. The highest BCUT2D eigenvalue weighted by molar-refractivity contribution is 7.99. The van der Waals surface area contributed by atoms with Crippen LogP contribution >= 0.6 is 11.8 Å². The Kier molecular flexibility index (Phi) is 10.9. The minimum atomic E-state index is -0.788. The van der Waals surface area contributed by atoms with Gasteiger partial charge in [-0.3, -0.25) is 14.7 Å². The summed E-state index contributed by atoms with van der Waals surface area (Å²) >= 11 is 1.53. The number of aromatic amines is 1. The zero-order valence-electron chi connectivity index (χ0n) is 21.6. The molecule has 3 unspecified atom stereocenters. The van der Waals surface area contributed by atoms with Gasteiger partial charge in [0.2, 0.25) is 5.91 Å². The average molecular weight is 555 g/mol. The molecule has 4 rings (SSSR count). The quantitative estimate of drug-likeness (QED) is 0.160. The van der Waals surface area contributed by atoms with E-state index in [0.717, 1.165) is 34.7 Å². The zero-order valence-corrected chi connectivity index (χ0v) is 22.4. The highest BCUT2D eigenvalue weighted by atomic mass is 32.2. The lowest BCUT2D eigenvalue weighted by atomic mass is 10.0. The molecule has 0 bridgehead atoms. The lowest BCUT2D eigenvalue weighted by Gasteiger charge is -2.36. The molecular formula is C28H34N4O6S. The van der Waals surface area contributed by atoms with Gasteiger partial charge in [0.05, 0.1) is 18.8 Å². The first kappa shape index (κ1) is 28.8. The lowest BCUT2D eigenvalue weighted by Crippen LogP contribution is -2.31. The van der Waals surface area contributed by atoms with Crippen LogP contribution in [0.2, 0.25) is 0 Å². The van der Waals surface area contributed by atoms with Crippen LogP contribution in [-0.4, -0.2) is 49.1 Å². The smallest absolute Gasteiger partial charge is 0.303 e. The fraction of sp³-hybridized carbons (Fsp3) is 0.429. The molecule has 39 heavy (non-hydrogen) atoms. The van der Waals surface area contributed by atoms with Crippen LogP contribution < -0.4 is 5.32 Å². The highest BCUT2D eigenvalue weighted by Gasteiger charge is 2.32. The molecule has 0 aliphatic carbocycles. The summed E-state index contributed by atoms with van der Waals surface area (Å²) in [6.07, 6.45) is 4.65. The molecular weight excluding hydrogens is 520 g/mol. The number of carbonyl (C=O) groups excluding carboxylic acids is 1. The van der Waals surface area contributed by atoms with Gasteiger partial charge in [0.15, 0.2) is 11.4 Å². The molecule has 2 aromatic carbocycles. The number of hydrogen-bond acceptors (Lipinski definition) is 8. The van der Waals surface area contributed by atoms with Crippen LogP contribution in [0.4, 0.5) is 5.69 Å². The van der Waals surface area contributed by atoms with Crippen LogP contribution in [0.25, 0.3) is 0 Å². The van der Waals surface area contributed by atoms with Crippen molar-refractivity contribution in [2.24, 2.45) is 0 Å². The Morgan fingerprint density at radius 3 is 2.54 bits per heavy atom. The molecule has 0 saturated carbocycles. The van der Waals surface area contributed by atoms with Gasteiger partial charge in [-0.15, -0.1) is 0 Å². The van der Waals surface area contributed by atoms with Crippen LogP contribution in [0, 0.1) is 0 Å². The van der Waals surface area contributed by atoms with E-state index in [0.29, 0.717) is 37.1 Å². The van der Waals surface area contributed by atoms with E-state index >= 15 is 0 Å². The van der Waals surface area contributed by atoms with Crippen molar-refractivity contribution in [3.63, 3.8) is 0 Å². The zero-order chi connectivity index (χ0) is 27.5. The number of H-pyrrole nitrogens is 1. The molecule has 208 valence electrons. The van der Waals surface area contributed by atoms with E-state index in [1.165, 1.54) is 18.1 Å². The number of hydrogen-bond donors (Lipinski definition) is 4. The summed E-state index contributed by atoms with van der Waals surface area (Å²) < 4.78 is 12.7. The first-order valence-electron chi connectivity index (χ1n) is 13.1. The summed E-state index contributed by atoms with van der Waals surface area (Å²) in [6, 6.07) is 15.2. The van der Waals surface area contributed by atoms with Crippen LogP contribution in [-0.2, 0) is 25.7 Å². The largest absolute Gasteiger partial charge is 0.481 e. The molecule has 1 aliphatic heterocycles. The fourth-order valence-corrected chi connectivity index (χ4v) is 5.16. The monoisotopic (exact) mass is 554 g/mol. The number of nitrogens with zero attached hydrogens (tertiary/aromatic N) is 2. The molecule has 1 fully saturated rings. The van der Waals surface area contributed by atoms with E-state index in [1.807, 2.05) is 48.5 Å². The normalized spacial score (nSPS) is 19.1. The molecule has 0 spiro atoms. The summed E-state index contributed by atoms with van der Waals surface area (Å²) in [5.41, 5.74) is 3.30. The van der Waals surface area contributed by atoms with E-state index in [-0.39, 0.29) is 31.1 Å². The number of carbonyl (C=O) groups is 2. The number of rotatable bonds is 14. The summed E-state index contributed by atoms with van der Waals surface area (Å²) in [4.78, 5) is 27.3. The summed E-state index contributed by atoms with van der Waals surface area (Å²) in [6.45, 7) is -0.0166. The average Bonchev–Trinajstić information content (AvgIpc) is 3.47. The molecule has 1 aromatic heterocycles. The Morgan fingerprint density at radius 2 is 1.82 bits per heavy atom. The van der Waals surface area contributed by atoms with Crippen molar-refractivity contribution in [3.05, 3.63) is 71.5 Å². The van der Waals surface area contributed by atoms with Gasteiger partial charge in [-0.05, 0) is 36.1 Å². The number of thioether (sulfide) groups is 1. The Bertz CT molecular complexity index is 1190. The third-order valence-electron chi connectivity index (χ3n) is 6.40. The first-order valence-corrected chi connectivity index (χ1v) is 14.1. The van der Waals surface area contributed by atoms with Crippen molar-refractivity contribution < 1.29 is 29.3 Å². The standard InChI is InChI=1S/C28H34N4O6S/c33-16-19-10-12-20(13-11-19)24-15-23(17-39-28-29-18-30-32-28)37-27(38-24)21-6-5-7-22(14-21)31-25(34)8-3-1-2-4-9-26(35)36/h5-7,10-14,18,23-24,27,33H,1-4,8-9,15-17H2,(H,31,34)(H,35,36)(H,29,30,32). The van der Waals surface area contributed by atoms with Crippen molar-refractivity contribution in [1.82, 2.24) is 15.2 Å². The van der Waals surface area contributed by atoms with Crippen LogP contribution in [0.5, 0.6) is 0 Å². The number of carboxylic acid groups (broad SMARTS) is 1. The summed E-state index contributed by atoms with van der Waals surface area (Å²) in [5, 5.41) is 28.5. The Labute approximate surface area is 231 Å². The number of benzene rings is 2. The van der Waals surface area contributed by atoms with Gasteiger partial charge in [0.1, 0.15) is 6.33 Å². The second-order valence-electron chi connectivity index (χ2n) is 9.43. The number of aliphatic carboxylic acids is 1. The van der Waals surface area contributed by atoms with Gasteiger partial charge in [-0.2, -0.15) is 5.10 Å². The van der Waals surface area contributed by atoms with Crippen LogP contribution in [0.1, 0.15) is 74.0 Å². The Balaban J connectivity index is 1.38. The summed E-state index contributed by atoms with van der Waals surface area (Å²) in [5.74, 6) is -0.216. The molecule has 1 amide bonds. The number of aliphatic hydroxyl groups excluding tert-OH is 1. The van der Waals surface area contributed by atoms with Gasteiger partial charge in [0, 0.05) is 36.3 Å². The number of aliphatic hydroxyl groups is 1. The number of carboxylic acids is 1. The molecule has 2 heterocycles. The Hall–Kier alpha value is -3.25. The summed E-state index contributed by atoms with van der Waals surface area (Å²) in [7, 11) is 0. The highest BCUT2D eigenvalue weighted by Crippen LogP contribution is 2.39. The minimum Gasteiger partial charge on any atom is -0.481 e. The first-order chi connectivity index (χ1) is 19.0. The van der Waals surface area contributed by atoms with Crippen LogP contribution in [0.3, 0.4) is 0 Å². The van der Waals surface area contributed by atoms with E-state index in [1.54, 1.807) is 0 Å². The molecule has 1 aliphatic rings. The molecule has 1 saturated heterocycles. The van der Waals surface area contributed by atoms with Gasteiger partial charge in [-0.1, -0.05) is 61.0 Å².